The summed E-state index contributed by atoms with van der Waals surface area (Å²) >= 11 is 0. The predicted molar refractivity (Wildman–Crippen MR) is 44.2 cm³/mol. The van der Waals surface area contributed by atoms with Gasteiger partial charge < -0.3 is 16.0 Å². The quantitative estimate of drug-likeness (QED) is 0.390. The molecule has 3 nitrogen and oxygen atoms in total. The molecule has 0 bridgehead atoms. The van der Waals surface area contributed by atoms with Crippen LogP contribution >= 0.6 is 0 Å². The van der Waals surface area contributed by atoms with Crippen LogP contribution < -0.4 is 10.6 Å². The van der Waals surface area contributed by atoms with Gasteiger partial charge in [-0.15, -0.1) is 0 Å². The smallest absolute Gasteiger partial charge is 0.0675 e. The van der Waals surface area contributed by atoms with E-state index in [1.807, 2.05) is 0 Å². The Morgan fingerprint density at radius 3 is 2.70 bits per heavy atom. The summed E-state index contributed by atoms with van der Waals surface area (Å²) in [6.45, 7) is 3.06. The SMILES string of the molecule is CCCN/C=C(\C=N)NC. The third-order valence-electron chi connectivity index (χ3n) is 1.10. The molecule has 0 aliphatic carbocycles. The fourth-order valence-corrected chi connectivity index (χ4v) is 0.512. The van der Waals surface area contributed by atoms with Gasteiger partial charge in [-0.2, -0.15) is 0 Å². The molecule has 0 saturated heterocycles. The van der Waals surface area contributed by atoms with Crippen LogP contribution in [0, 0.1) is 5.41 Å². The van der Waals surface area contributed by atoms with Gasteiger partial charge in [0.15, 0.2) is 0 Å². The molecule has 58 valence electrons. The first-order chi connectivity index (χ1) is 4.85. The van der Waals surface area contributed by atoms with Gasteiger partial charge >= 0.3 is 0 Å². The summed E-state index contributed by atoms with van der Waals surface area (Å²) in [4.78, 5) is 0. The second kappa shape index (κ2) is 6.13. The van der Waals surface area contributed by atoms with E-state index >= 15 is 0 Å². The van der Waals surface area contributed by atoms with Crippen molar-refractivity contribution in [1.82, 2.24) is 10.6 Å². The summed E-state index contributed by atoms with van der Waals surface area (Å²) in [5.41, 5.74) is 0.799. The van der Waals surface area contributed by atoms with Crippen molar-refractivity contribution in [1.29, 1.82) is 5.41 Å². The third kappa shape index (κ3) is 3.95. The summed E-state index contributed by atoms with van der Waals surface area (Å²) in [6, 6.07) is 0. The molecule has 0 atom stereocenters. The maximum atomic E-state index is 6.90. The van der Waals surface area contributed by atoms with Crippen molar-refractivity contribution in [3.8, 4) is 0 Å². The van der Waals surface area contributed by atoms with Crippen molar-refractivity contribution < 1.29 is 0 Å². The predicted octanol–water partition coefficient (Wildman–Crippen LogP) is 0.696. The second-order valence-electron chi connectivity index (χ2n) is 1.95. The van der Waals surface area contributed by atoms with Gasteiger partial charge in [-0.05, 0) is 6.42 Å². The Morgan fingerprint density at radius 1 is 1.60 bits per heavy atom. The molecule has 0 aromatic rings. The molecule has 0 rings (SSSR count). The zero-order valence-corrected chi connectivity index (χ0v) is 6.57. The average Bonchev–Trinajstić information content (AvgIpc) is 1.99. The Hall–Kier alpha value is -0.990. The Labute approximate surface area is 62.0 Å². The average molecular weight is 141 g/mol. The van der Waals surface area contributed by atoms with E-state index in [4.69, 9.17) is 5.41 Å². The number of rotatable bonds is 5. The van der Waals surface area contributed by atoms with Gasteiger partial charge in [0.05, 0.1) is 5.70 Å². The minimum Gasteiger partial charge on any atom is -0.389 e. The fourth-order valence-electron chi connectivity index (χ4n) is 0.512. The molecular weight excluding hydrogens is 126 g/mol. The molecule has 10 heavy (non-hydrogen) atoms. The lowest BCUT2D eigenvalue weighted by Gasteiger charge is -2.00. The monoisotopic (exact) mass is 141 g/mol. The van der Waals surface area contributed by atoms with Crippen molar-refractivity contribution in [2.24, 2.45) is 0 Å². The maximum absolute atomic E-state index is 6.90. The molecule has 0 unspecified atom stereocenters. The molecule has 0 aromatic carbocycles. The summed E-state index contributed by atoms with van der Waals surface area (Å²) in [5.74, 6) is 0. The van der Waals surface area contributed by atoms with Gasteiger partial charge in [0.1, 0.15) is 0 Å². The van der Waals surface area contributed by atoms with Gasteiger partial charge in [0, 0.05) is 26.0 Å². The molecule has 0 fully saturated rings. The molecule has 0 aliphatic heterocycles. The van der Waals surface area contributed by atoms with Crippen molar-refractivity contribution in [2.75, 3.05) is 13.6 Å². The lowest BCUT2D eigenvalue weighted by atomic mass is 10.4. The Balaban J connectivity index is 3.53. The first kappa shape index (κ1) is 9.01. The van der Waals surface area contributed by atoms with E-state index in [2.05, 4.69) is 17.6 Å². The molecular formula is C7H15N3. The largest absolute Gasteiger partial charge is 0.389 e. The van der Waals surface area contributed by atoms with Gasteiger partial charge in [-0.3, -0.25) is 0 Å². The van der Waals surface area contributed by atoms with Crippen molar-refractivity contribution in [2.45, 2.75) is 13.3 Å². The van der Waals surface area contributed by atoms with Gasteiger partial charge in [-0.1, -0.05) is 6.92 Å². The van der Waals surface area contributed by atoms with Crippen LogP contribution in [-0.4, -0.2) is 19.8 Å². The highest BCUT2D eigenvalue weighted by Crippen LogP contribution is 1.78. The molecule has 0 radical (unpaired) electrons. The molecule has 0 aromatic heterocycles. The van der Waals surface area contributed by atoms with Crippen molar-refractivity contribution >= 4 is 6.21 Å². The van der Waals surface area contributed by atoms with Gasteiger partial charge in [-0.25, -0.2) is 0 Å². The number of allylic oxidation sites excluding steroid dienone is 1. The molecule has 0 heterocycles. The first-order valence-corrected chi connectivity index (χ1v) is 3.47. The Morgan fingerprint density at radius 2 is 2.30 bits per heavy atom. The van der Waals surface area contributed by atoms with Crippen LogP contribution in [-0.2, 0) is 0 Å². The van der Waals surface area contributed by atoms with E-state index in [0.717, 1.165) is 18.7 Å². The highest BCUT2D eigenvalue weighted by Gasteiger charge is 1.82. The Kier molecular flexibility index (Phi) is 5.53. The van der Waals surface area contributed by atoms with Crippen LogP contribution in [0.4, 0.5) is 0 Å². The normalized spacial score (nSPS) is 10.8. The number of nitrogens with one attached hydrogen (secondary N) is 3. The molecule has 0 spiro atoms. The van der Waals surface area contributed by atoms with Gasteiger partial charge in [0.25, 0.3) is 0 Å². The minimum atomic E-state index is 0.799. The van der Waals surface area contributed by atoms with E-state index in [1.54, 1.807) is 13.2 Å². The first-order valence-electron chi connectivity index (χ1n) is 3.47. The summed E-state index contributed by atoms with van der Waals surface area (Å²) < 4.78 is 0. The molecule has 3 heteroatoms. The van der Waals surface area contributed by atoms with Gasteiger partial charge in [0.2, 0.25) is 0 Å². The lowest BCUT2D eigenvalue weighted by Crippen LogP contribution is -2.13. The second-order valence-corrected chi connectivity index (χ2v) is 1.95. The third-order valence-corrected chi connectivity index (χ3v) is 1.10. The zero-order chi connectivity index (χ0) is 7.82. The number of hydrogen-bond donors (Lipinski definition) is 3. The van der Waals surface area contributed by atoms with E-state index in [-0.39, 0.29) is 0 Å². The van der Waals surface area contributed by atoms with Crippen LogP contribution in [0.25, 0.3) is 0 Å². The van der Waals surface area contributed by atoms with E-state index in [1.165, 1.54) is 6.21 Å². The van der Waals surface area contributed by atoms with E-state index in [0.29, 0.717) is 0 Å². The summed E-state index contributed by atoms with van der Waals surface area (Å²) in [7, 11) is 1.80. The van der Waals surface area contributed by atoms with Crippen LogP contribution in [0.5, 0.6) is 0 Å². The molecule has 0 saturated carbocycles. The lowest BCUT2D eigenvalue weighted by molar-refractivity contribution is 0.800. The standard InChI is InChI=1S/C7H15N3/c1-3-4-10-6-7(5-8)9-2/h5-6,8-10H,3-4H2,1-2H3/b7-6+,8-5?. The molecule has 0 aliphatic rings. The fraction of sp³-hybridized carbons (Fsp3) is 0.571. The van der Waals surface area contributed by atoms with E-state index < -0.39 is 0 Å². The highest BCUT2D eigenvalue weighted by atomic mass is 14.9. The van der Waals surface area contributed by atoms with Crippen molar-refractivity contribution in [3.63, 3.8) is 0 Å². The zero-order valence-electron chi connectivity index (χ0n) is 6.57. The van der Waals surface area contributed by atoms with Crippen LogP contribution in [0.1, 0.15) is 13.3 Å². The van der Waals surface area contributed by atoms with Crippen molar-refractivity contribution in [3.05, 3.63) is 11.9 Å². The van der Waals surface area contributed by atoms with E-state index in [9.17, 15) is 0 Å². The summed E-state index contributed by atoms with van der Waals surface area (Å²) in [6.07, 6.45) is 4.19. The van der Waals surface area contributed by atoms with Crippen LogP contribution in [0.2, 0.25) is 0 Å². The van der Waals surface area contributed by atoms with Crippen LogP contribution in [0.3, 0.4) is 0 Å². The highest BCUT2D eigenvalue weighted by molar-refractivity contribution is 5.74. The maximum Gasteiger partial charge on any atom is 0.0675 e. The topological polar surface area (TPSA) is 47.9 Å². The van der Waals surface area contributed by atoms with Crippen LogP contribution in [0.15, 0.2) is 11.9 Å². The summed E-state index contributed by atoms with van der Waals surface area (Å²) in [5, 5.41) is 12.8. The molecule has 0 amide bonds. The minimum absolute atomic E-state index is 0.799. The molecule has 3 N–H and O–H groups in total. The number of hydrogen-bond acceptors (Lipinski definition) is 3. The Bertz CT molecular complexity index is 118.